The summed E-state index contributed by atoms with van der Waals surface area (Å²) in [6, 6.07) is 5.46. The molecule has 8 heteroatoms. The van der Waals surface area contributed by atoms with E-state index in [1.807, 2.05) is 4.90 Å². The summed E-state index contributed by atoms with van der Waals surface area (Å²) in [4.78, 5) is 14.8. The Morgan fingerprint density at radius 1 is 1.20 bits per heavy atom. The number of nitrogens with one attached hydrogen (secondary N) is 3. The molecule has 1 aromatic carbocycles. The van der Waals surface area contributed by atoms with E-state index in [4.69, 9.17) is 27.9 Å². The van der Waals surface area contributed by atoms with Gasteiger partial charge in [0, 0.05) is 37.5 Å². The summed E-state index contributed by atoms with van der Waals surface area (Å²) in [6.45, 7) is 3.19. The van der Waals surface area contributed by atoms with Gasteiger partial charge in [0.05, 0.1) is 16.6 Å². The zero-order valence-electron chi connectivity index (χ0n) is 13.8. The van der Waals surface area contributed by atoms with Gasteiger partial charge in [-0.3, -0.25) is 10.2 Å². The van der Waals surface area contributed by atoms with Gasteiger partial charge in [-0.25, -0.2) is 5.43 Å². The van der Waals surface area contributed by atoms with Crippen molar-refractivity contribution in [1.82, 2.24) is 21.1 Å². The molecule has 3 fully saturated rings. The van der Waals surface area contributed by atoms with Crippen molar-refractivity contribution in [3.8, 4) is 5.75 Å². The number of carbonyl (C=O) groups is 1. The van der Waals surface area contributed by atoms with Crippen LogP contribution in [-0.2, 0) is 4.79 Å². The minimum Gasteiger partial charge on any atom is -0.488 e. The number of likely N-dealkylation sites (tertiary alicyclic amines) is 1. The van der Waals surface area contributed by atoms with Crippen LogP contribution >= 0.6 is 23.2 Å². The molecular weight excluding hydrogens is 363 g/mol. The molecule has 1 amide bonds. The summed E-state index contributed by atoms with van der Waals surface area (Å²) < 4.78 is 5.98. The van der Waals surface area contributed by atoms with Gasteiger partial charge in [0.1, 0.15) is 17.9 Å². The van der Waals surface area contributed by atoms with E-state index < -0.39 is 0 Å². The number of hydrogen-bond donors (Lipinski definition) is 3. The highest BCUT2D eigenvalue weighted by Gasteiger charge is 2.43. The Bertz CT molecular complexity index is 660. The van der Waals surface area contributed by atoms with E-state index in [0.717, 1.165) is 25.9 Å². The molecule has 4 rings (SSSR count). The van der Waals surface area contributed by atoms with Crippen LogP contribution in [0.4, 0.5) is 0 Å². The molecule has 3 N–H and O–H groups in total. The molecule has 6 nitrogen and oxygen atoms in total. The van der Waals surface area contributed by atoms with E-state index in [0.29, 0.717) is 40.8 Å². The van der Waals surface area contributed by atoms with Gasteiger partial charge in [-0.1, -0.05) is 23.2 Å². The lowest BCUT2D eigenvalue weighted by molar-refractivity contribution is -0.133. The molecule has 0 radical (unpaired) electrons. The Morgan fingerprint density at radius 2 is 2.08 bits per heavy atom. The molecule has 0 aromatic heterocycles. The van der Waals surface area contributed by atoms with Crippen molar-refractivity contribution in [3.63, 3.8) is 0 Å². The number of carbonyl (C=O) groups excluding carboxylic acids is 1. The van der Waals surface area contributed by atoms with Crippen LogP contribution in [0.15, 0.2) is 18.2 Å². The summed E-state index contributed by atoms with van der Waals surface area (Å²) in [7, 11) is 0. The van der Waals surface area contributed by atoms with Gasteiger partial charge in [0.15, 0.2) is 0 Å². The molecule has 1 aromatic rings. The maximum atomic E-state index is 12.9. The van der Waals surface area contributed by atoms with E-state index in [9.17, 15) is 4.79 Å². The second kappa shape index (κ2) is 7.29. The Morgan fingerprint density at radius 3 is 2.92 bits per heavy atom. The second-order valence-electron chi connectivity index (χ2n) is 6.92. The number of nitrogens with zero attached hydrogens (tertiary/aromatic N) is 1. The molecule has 0 bridgehead atoms. The molecule has 3 aliphatic heterocycles. The minimum atomic E-state index is -0.165. The third kappa shape index (κ3) is 3.59. The molecule has 136 valence electrons. The summed E-state index contributed by atoms with van der Waals surface area (Å²) in [5.74, 6) is 1.14. The van der Waals surface area contributed by atoms with Crippen molar-refractivity contribution in [2.45, 2.75) is 31.0 Å². The number of ether oxygens (including phenoxy) is 1. The molecule has 0 spiro atoms. The highest BCUT2D eigenvalue weighted by molar-refractivity contribution is 6.42. The van der Waals surface area contributed by atoms with Crippen LogP contribution in [0.3, 0.4) is 0 Å². The lowest BCUT2D eigenvalue weighted by Crippen LogP contribution is -2.50. The number of amides is 1. The van der Waals surface area contributed by atoms with Gasteiger partial charge in [-0.05, 0) is 25.1 Å². The smallest absolute Gasteiger partial charge is 0.241 e. The molecule has 3 aliphatic rings. The predicted molar refractivity (Wildman–Crippen MR) is 96.9 cm³/mol. The first-order chi connectivity index (χ1) is 12.1. The number of hydrogen-bond acceptors (Lipinski definition) is 5. The van der Waals surface area contributed by atoms with Crippen LogP contribution in [-0.4, -0.2) is 55.2 Å². The quantitative estimate of drug-likeness (QED) is 0.735. The van der Waals surface area contributed by atoms with Crippen LogP contribution in [0.25, 0.3) is 0 Å². The lowest BCUT2D eigenvalue weighted by atomic mass is 9.89. The Labute approximate surface area is 157 Å². The van der Waals surface area contributed by atoms with Crippen LogP contribution < -0.4 is 20.9 Å². The van der Waals surface area contributed by atoms with Crippen LogP contribution in [0.5, 0.6) is 5.75 Å². The molecule has 25 heavy (non-hydrogen) atoms. The first-order valence-electron chi connectivity index (χ1n) is 8.74. The van der Waals surface area contributed by atoms with Gasteiger partial charge in [-0.2, -0.15) is 0 Å². The monoisotopic (exact) mass is 384 g/mol. The number of halogens is 2. The topological polar surface area (TPSA) is 65.6 Å². The third-order valence-corrected chi connectivity index (χ3v) is 6.04. The maximum absolute atomic E-state index is 12.9. The van der Waals surface area contributed by atoms with Crippen molar-refractivity contribution in [1.29, 1.82) is 0 Å². The number of hydrazine groups is 1. The van der Waals surface area contributed by atoms with E-state index in [1.165, 1.54) is 0 Å². The van der Waals surface area contributed by atoms with E-state index in [1.54, 1.807) is 18.2 Å². The molecule has 0 aliphatic carbocycles. The first-order valence-corrected chi connectivity index (χ1v) is 9.49. The van der Waals surface area contributed by atoms with E-state index in [-0.39, 0.29) is 18.1 Å². The van der Waals surface area contributed by atoms with Gasteiger partial charge in [-0.15, -0.1) is 0 Å². The SMILES string of the molecule is O=C(C1NNC2CCNCC21)N1CCC(Oc2ccc(Cl)c(Cl)c2)C1. The van der Waals surface area contributed by atoms with Crippen molar-refractivity contribution in [2.24, 2.45) is 5.92 Å². The van der Waals surface area contributed by atoms with E-state index >= 15 is 0 Å². The predicted octanol–water partition coefficient (Wildman–Crippen LogP) is 1.43. The first kappa shape index (κ1) is 17.4. The fraction of sp³-hybridized carbons (Fsp3) is 0.588. The summed E-state index contributed by atoms with van der Waals surface area (Å²) in [6.07, 6.45) is 1.85. The Balaban J connectivity index is 1.35. The van der Waals surface area contributed by atoms with Gasteiger partial charge in [0.25, 0.3) is 0 Å². The average molecular weight is 385 g/mol. The Kier molecular flexibility index (Phi) is 5.06. The summed E-state index contributed by atoms with van der Waals surface area (Å²) in [5, 5.41) is 4.37. The highest BCUT2D eigenvalue weighted by Crippen LogP contribution is 2.28. The largest absolute Gasteiger partial charge is 0.488 e. The summed E-state index contributed by atoms with van der Waals surface area (Å²) in [5.41, 5.74) is 6.48. The van der Waals surface area contributed by atoms with Gasteiger partial charge in [0.2, 0.25) is 5.91 Å². The van der Waals surface area contributed by atoms with Crippen molar-refractivity contribution < 1.29 is 9.53 Å². The Hall–Kier alpha value is -1.05. The zero-order valence-corrected chi connectivity index (χ0v) is 15.3. The fourth-order valence-corrected chi connectivity index (χ4v) is 4.21. The molecular formula is C17H22Cl2N4O2. The maximum Gasteiger partial charge on any atom is 0.241 e. The molecule has 0 saturated carbocycles. The standard InChI is InChI=1S/C17H22Cl2N4O2/c18-13-2-1-10(7-14(13)19)25-11-4-6-23(9-11)17(24)16-12-8-20-5-3-15(12)21-22-16/h1-2,7,11-12,15-16,20-22H,3-6,8-9H2. The fourth-order valence-electron chi connectivity index (χ4n) is 3.92. The molecule has 4 atom stereocenters. The van der Waals surface area contributed by atoms with Crippen LogP contribution in [0, 0.1) is 5.92 Å². The second-order valence-corrected chi connectivity index (χ2v) is 7.73. The number of benzene rings is 1. The lowest BCUT2D eigenvalue weighted by Gasteiger charge is -2.29. The van der Waals surface area contributed by atoms with Gasteiger partial charge < -0.3 is 15.0 Å². The average Bonchev–Trinajstić information content (AvgIpc) is 3.24. The molecule has 3 saturated heterocycles. The normalized spacial score (nSPS) is 31.8. The molecule has 3 heterocycles. The molecule has 4 unspecified atom stereocenters. The minimum absolute atomic E-state index is 0.0177. The van der Waals surface area contributed by atoms with Crippen molar-refractivity contribution in [3.05, 3.63) is 28.2 Å². The van der Waals surface area contributed by atoms with Crippen molar-refractivity contribution in [2.75, 3.05) is 26.2 Å². The number of fused-ring (bicyclic) bond motifs is 1. The number of piperidine rings is 1. The third-order valence-electron chi connectivity index (χ3n) is 5.30. The van der Waals surface area contributed by atoms with Crippen LogP contribution in [0.2, 0.25) is 10.0 Å². The van der Waals surface area contributed by atoms with Crippen LogP contribution in [0.1, 0.15) is 12.8 Å². The van der Waals surface area contributed by atoms with Gasteiger partial charge >= 0.3 is 0 Å². The zero-order chi connectivity index (χ0) is 17.4. The van der Waals surface area contributed by atoms with E-state index in [2.05, 4.69) is 16.2 Å². The van der Waals surface area contributed by atoms with Crippen molar-refractivity contribution >= 4 is 29.1 Å². The number of rotatable bonds is 3. The highest BCUT2D eigenvalue weighted by atomic mass is 35.5. The summed E-state index contributed by atoms with van der Waals surface area (Å²) >= 11 is 12.0.